The number of pyridine rings is 1. The molecule has 0 aliphatic heterocycles. The first kappa shape index (κ1) is 25.5. The maximum atomic E-state index is 12.8. The van der Waals surface area contributed by atoms with Crippen molar-refractivity contribution in [2.24, 2.45) is 0 Å². The van der Waals surface area contributed by atoms with Crippen LogP contribution in [0.1, 0.15) is 48.8 Å². The van der Waals surface area contributed by atoms with Gasteiger partial charge < -0.3 is 15.5 Å². The molecule has 1 unspecified atom stereocenters. The summed E-state index contributed by atoms with van der Waals surface area (Å²) in [5.74, 6) is -0.436. The predicted octanol–water partition coefficient (Wildman–Crippen LogP) is 4.85. The number of rotatable bonds is 9. The minimum absolute atomic E-state index is 0.00721. The number of benzene rings is 2. The van der Waals surface area contributed by atoms with Crippen molar-refractivity contribution in [2.75, 3.05) is 12.5 Å². The summed E-state index contributed by atoms with van der Waals surface area (Å²) in [5, 5.41) is 2.61. The lowest BCUT2D eigenvalue weighted by atomic mass is 9.89. The molecule has 0 aliphatic carbocycles. The molecule has 6 heteroatoms. The minimum Gasteiger partial charge on any atom is -0.482 e. The maximum Gasteiger partial charge on any atom is 0.273 e. The molecule has 6 nitrogen and oxygen atoms in total. The summed E-state index contributed by atoms with van der Waals surface area (Å²) >= 11 is 0. The largest absolute Gasteiger partial charge is 0.482 e. The lowest BCUT2D eigenvalue weighted by Gasteiger charge is -2.33. The van der Waals surface area contributed by atoms with Crippen LogP contribution in [-0.4, -0.2) is 17.6 Å². The van der Waals surface area contributed by atoms with Crippen LogP contribution in [0.4, 0.5) is 0 Å². The Morgan fingerprint density at radius 2 is 1.67 bits per heavy atom. The molecule has 33 heavy (non-hydrogen) atoms. The lowest BCUT2D eigenvalue weighted by Crippen LogP contribution is -2.41. The van der Waals surface area contributed by atoms with E-state index in [0.29, 0.717) is 6.42 Å². The number of carbonyl (C=O) groups is 1. The Bertz CT molecular complexity index is 1090. The van der Waals surface area contributed by atoms with Gasteiger partial charge in [0.2, 0.25) is 5.43 Å². The Morgan fingerprint density at radius 3 is 2.24 bits per heavy atom. The number of amides is 1. The van der Waals surface area contributed by atoms with Gasteiger partial charge in [0.05, 0.1) is 5.54 Å². The smallest absolute Gasteiger partial charge is 0.273 e. The van der Waals surface area contributed by atoms with Crippen LogP contribution in [0.3, 0.4) is 0 Å². The van der Waals surface area contributed by atoms with Crippen molar-refractivity contribution in [3.05, 3.63) is 113 Å². The minimum atomic E-state index is -0.572. The molecule has 3 aromatic rings. The average molecular weight is 448 g/mol. The van der Waals surface area contributed by atoms with Gasteiger partial charge >= 0.3 is 0 Å². The van der Waals surface area contributed by atoms with E-state index in [1.54, 1.807) is 10.9 Å². The van der Waals surface area contributed by atoms with Crippen LogP contribution in [-0.2, 0) is 12.1 Å². The van der Waals surface area contributed by atoms with Crippen LogP contribution in [0, 0.1) is 0 Å². The number of nitrogens with one attached hydrogen (secondary N) is 2. The van der Waals surface area contributed by atoms with Crippen LogP contribution in [0.2, 0.25) is 0 Å². The first-order valence-corrected chi connectivity index (χ1v) is 11.1. The SMILES string of the molecule is C=CCC(C)(Nn1ccc(=O)c(OCc2ccccc2)c1C(=O)NC)c1ccccc1.CC. The molecule has 0 aliphatic rings. The van der Waals surface area contributed by atoms with E-state index in [9.17, 15) is 9.59 Å². The van der Waals surface area contributed by atoms with Gasteiger partial charge in [0.15, 0.2) is 11.4 Å². The van der Waals surface area contributed by atoms with E-state index in [4.69, 9.17) is 4.74 Å². The van der Waals surface area contributed by atoms with Gasteiger partial charge in [0, 0.05) is 19.3 Å². The second-order valence-electron chi connectivity index (χ2n) is 7.38. The third kappa shape index (κ3) is 6.35. The summed E-state index contributed by atoms with van der Waals surface area (Å²) in [5.41, 5.74) is 4.48. The van der Waals surface area contributed by atoms with Crippen LogP contribution < -0.4 is 20.9 Å². The number of ether oxygens (including phenoxy) is 1. The highest BCUT2D eigenvalue weighted by Crippen LogP contribution is 2.27. The van der Waals surface area contributed by atoms with Gasteiger partial charge in [-0.05, 0) is 24.5 Å². The van der Waals surface area contributed by atoms with Crippen LogP contribution in [0.5, 0.6) is 5.75 Å². The normalized spacial score (nSPS) is 11.9. The molecular formula is C27H33N3O3. The summed E-state index contributed by atoms with van der Waals surface area (Å²) < 4.78 is 7.40. The van der Waals surface area contributed by atoms with E-state index in [1.807, 2.05) is 87.5 Å². The van der Waals surface area contributed by atoms with Crippen molar-refractivity contribution in [3.63, 3.8) is 0 Å². The molecule has 1 aromatic heterocycles. The molecule has 0 saturated carbocycles. The fraction of sp³-hybridized carbons (Fsp3) is 0.259. The number of hydrogen-bond acceptors (Lipinski definition) is 4. The van der Waals surface area contributed by atoms with Gasteiger partial charge in [-0.3, -0.25) is 14.3 Å². The highest BCUT2D eigenvalue weighted by Gasteiger charge is 2.28. The molecule has 2 aromatic carbocycles. The zero-order chi connectivity index (χ0) is 24.3. The summed E-state index contributed by atoms with van der Waals surface area (Å²) in [7, 11) is 1.52. The molecule has 2 N–H and O–H groups in total. The standard InChI is InChI=1S/C25H27N3O3.C2H6/c1-4-16-25(2,20-13-9-6-10-14-20)27-28-17-15-21(29)23(22(28)24(30)26-3)31-18-19-11-7-5-8-12-19;1-2/h4-15,17,27H,1,16,18H2,2-3H3,(H,26,30);1-2H3. The number of carbonyl (C=O) groups excluding carboxylic acids is 1. The number of aromatic nitrogens is 1. The zero-order valence-corrected chi connectivity index (χ0v) is 19.8. The summed E-state index contributed by atoms with van der Waals surface area (Å²) in [6.45, 7) is 10.1. The topological polar surface area (TPSA) is 72.4 Å². The fourth-order valence-electron chi connectivity index (χ4n) is 3.40. The van der Waals surface area contributed by atoms with Crippen molar-refractivity contribution in [1.82, 2.24) is 9.99 Å². The predicted molar refractivity (Wildman–Crippen MR) is 134 cm³/mol. The van der Waals surface area contributed by atoms with Crippen LogP contribution >= 0.6 is 0 Å². The molecule has 0 bridgehead atoms. The lowest BCUT2D eigenvalue weighted by molar-refractivity contribution is 0.0948. The Kier molecular flexibility index (Phi) is 9.48. The Hall–Kier alpha value is -3.80. The average Bonchev–Trinajstić information content (AvgIpc) is 2.86. The monoisotopic (exact) mass is 447 g/mol. The van der Waals surface area contributed by atoms with Crippen LogP contribution in [0.25, 0.3) is 0 Å². The third-order valence-electron chi connectivity index (χ3n) is 5.05. The molecule has 1 atom stereocenters. The zero-order valence-electron chi connectivity index (χ0n) is 19.8. The van der Waals surface area contributed by atoms with Crippen molar-refractivity contribution in [2.45, 2.75) is 39.3 Å². The summed E-state index contributed by atoms with van der Waals surface area (Å²) in [6, 6.07) is 20.7. The second-order valence-corrected chi connectivity index (χ2v) is 7.38. The van der Waals surface area contributed by atoms with Crippen LogP contribution in [0.15, 0.2) is 90.4 Å². The first-order chi connectivity index (χ1) is 16.0. The number of hydrogen-bond donors (Lipinski definition) is 2. The van der Waals surface area contributed by atoms with Gasteiger partial charge in [0.25, 0.3) is 5.91 Å². The molecule has 1 heterocycles. The molecule has 3 rings (SSSR count). The quantitative estimate of drug-likeness (QED) is 0.460. The Labute approximate surface area is 195 Å². The second kappa shape index (κ2) is 12.3. The third-order valence-corrected chi connectivity index (χ3v) is 5.05. The van der Waals surface area contributed by atoms with E-state index in [2.05, 4.69) is 17.3 Å². The van der Waals surface area contributed by atoms with Gasteiger partial charge in [-0.1, -0.05) is 80.6 Å². The van der Waals surface area contributed by atoms with Crippen molar-refractivity contribution in [1.29, 1.82) is 0 Å². The first-order valence-electron chi connectivity index (χ1n) is 11.1. The Morgan fingerprint density at radius 1 is 1.06 bits per heavy atom. The number of nitrogens with zero attached hydrogens (tertiary/aromatic N) is 1. The summed E-state index contributed by atoms with van der Waals surface area (Å²) in [4.78, 5) is 25.4. The van der Waals surface area contributed by atoms with Gasteiger partial charge in [-0.25, -0.2) is 0 Å². The molecular weight excluding hydrogens is 414 g/mol. The molecule has 1 amide bonds. The van der Waals surface area contributed by atoms with Gasteiger partial charge in [-0.15, -0.1) is 6.58 Å². The molecule has 0 spiro atoms. The fourth-order valence-corrected chi connectivity index (χ4v) is 3.40. The maximum absolute atomic E-state index is 12.8. The van der Waals surface area contributed by atoms with Crippen molar-refractivity contribution in [3.8, 4) is 5.75 Å². The molecule has 0 fully saturated rings. The highest BCUT2D eigenvalue weighted by atomic mass is 16.5. The molecule has 0 radical (unpaired) electrons. The highest BCUT2D eigenvalue weighted by molar-refractivity contribution is 5.95. The van der Waals surface area contributed by atoms with E-state index < -0.39 is 11.4 Å². The van der Waals surface area contributed by atoms with E-state index in [0.717, 1.165) is 11.1 Å². The van der Waals surface area contributed by atoms with Gasteiger partial charge in [-0.2, -0.15) is 0 Å². The van der Waals surface area contributed by atoms with Gasteiger partial charge in [0.1, 0.15) is 6.61 Å². The van der Waals surface area contributed by atoms with Crippen molar-refractivity contribution < 1.29 is 9.53 Å². The molecule has 0 saturated heterocycles. The van der Waals surface area contributed by atoms with E-state index in [1.165, 1.54) is 13.1 Å². The van der Waals surface area contributed by atoms with E-state index >= 15 is 0 Å². The summed E-state index contributed by atoms with van der Waals surface area (Å²) in [6.07, 6.45) is 3.96. The van der Waals surface area contributed by atoms with Crippen molar-refractivity contribution >= 4 is 5.91 Å². The Balaban J connectivity index is 0.00000187. The molecule has 174 valence electrons. The van der Waals surface area contributed by atoms with E-state index in [-0.39, 0.29) is 23.5 Å².